The van der Waals surface area contributed by atoms with E-state index < -0.39 is 0 Å². The third-order valence-electron chi connectivity index (χ3n) is 7.49. The molecule has 31 heavy (non-hydrogen) atoms. The second-order valence-corrected chi connectivity index (χ2v) is 9.68. The molecule has 2 unspecified atom stereocenters. The molecule has 1 aromatic carbocycles. The first-order chi connectivity index (χ1) is 15.2. The Morgan fingerprint density at radius 1 is 1.16 bits per heavy atom. The van der Waals surface area contributed by atoms with E-state index in [1.807, 2.05) is 6.20 Å². The van der Waals surface area contributed by atoms with Crippen molar-refractivity contribution in [2.75, 3.05) is 39.3 Å². The molecule has 2 atom stereocenters. The van der Waals surface area contributed by atoms with E-state index in [0.717, 1.165) is 56.5 Å². The standard InChI is InChI=1S/C25H35N5O/c1-2-20-6-7-22(21(14-20)16-29-11-4-3-5-12-29)31-23-15-27-19-28-24(23)30-13-9-25(18-30)8-10-26-17-25/h6-7,14-15,19,26H,2-5,8-13,16-18H2,1H3/p+1. The summed E-state index contributed by atoms with van der Waals surface area (Å²) in [6.45, 7) is 10.1. The smallest absolute Gasteiger partial charge is 0.272 e. The molecule has 5 rings (SSSR count). The maximum Gasteiger partial charge on any atom is 0.272 e. The third-order valence-corrected chi connectivity index (χ3v) is 7.49. The van der Waals surface area contributed by atoms with Crippen LogP contribution < -0.4 is 15.0 Å². The van der Waals surface area contributed by atoms with Crippen LogP contribution in [-0.4, -0.2) is 54.1 Å². The van der Waals surface area contributed by atoms with Gasteiger partial charge in [0.1, 0.15) is 12.1 Å². The number of hydrogen-bond donors (Lipinski definition) is 2. The topological polar surface area (TPSA) is 54.7 Å². The number of likely N-dealkylation sites (tertiary alicyclic amines) is 1. The normalized spacial score (nSPS) is 26.5. The van der Waals surface area contributed by atoms with Gasteiger partial charge in [-0.1, -0.05) is 25.5 Å². The lowest BCUT2D eigenvalue weighted by Gasteiger charge is -2.27. The fraction of sp³-hybridized carbons (Fsp3) is 0.600. The lowest BCUT2D eigenvalue weighted by Crippen LogP contribution is -3.06. The van der Waals surface area contributed by atoms with Crippen molar-refractivity contribution < 1.29 is 9.64 Å². The molecule has 3 fully saturated rings. The highest BCUT2D eigenvalue weighted by molar-refractivity contribution is 5.44. The average Bonchev–Trinajstić information content (AvgIpc) is 3.45. The summed E-state index contributed by atoms with van der Waals surface area (Å²) in [6, 6.07) is 6.67. The molecule has 1 aromatic heterocycles. The van der Waals surface area contributed by atoms with Crippen molar-refractivity contribution in [1.29, 1.82) is 0 Å². The highest BCUT2D eigenvalue weighted by atomic mass is 16.5. The number of piperidine rings is 1. The van der Waals surface area contributed by atoms with Gasteiger partial charge in [-0.3, -0.25) is 9.80 Å². The van der Waals surface area contributed by atoms with Crippen LogP contribution in [0.15, 0.2) is 30.7 Å². The van der Waals surface area contributed by atoms with E-state index >= 15 is 0 Å². The fourth-order valence-electron chi connectivity index (χ4n) is 5.62. The summed E-state index contributed by atoms with van der Waals surface area (Å²) in [4.78, 5) is 13.0. The first-order valence-corrected chi connectivity index (χ1v) is 12.1. The molecule has 166 valence electrons. The molecule has 4 heterocycles. The van der Waals surface area contributed by atoms with Gasteiger partial charge in [0.05, 0.1) is 19.3 Å². The largest absolute Gasteiger partial charge is 0.447 e. The Bertz CT molecular complexity index is 889. The minimum absolute atomic E-state index is 0.430. The molecule has 2 aromatic rings. The van der Waals surface area contributed by atoms with Crippen molar-refractivity contribution in [3.8, 4) is 11.5 Å². The van der Waals surface area contributed by atoms with Gasteiger partial charge in [-0.15, -0.1) is 0 Å². The molecule has 1 spiro atoms. The van der Waals surface area contributed by atoms with Crippen LogP contribution in [-0.2, 0) is 13.0 Å². The van der Waals surface area contributed by atoms with E-state index in [9.17, 15) is 0 Å². The summed E-state index contributed by atoms with van der Waals surface area (Å²) in [5.41, 5.74) is 3.08. The maximum absolute atomic E-state index is 6.56. The molecule has 6 heteroatoms. The lowest BCUT2D eigenvalue weighted by molar-refractivity contribution is -0.824. The summed E-state index contributed by atoms with van der Waals surface area (Å²) in [5, 5.41) is 3.56. The van der Waals surface area contributed by atoms with Crippen molar-refractivity contribution in [3.05, 3.63) is 41.9 Å². The average molecular weight is 423 g/mol. The Hall–Kier alpha value is -2.02. The van der Waals surface area contributed by atoms with E-state index in [2.05, 4.69) is 45.3 Å². The second kappa shape index (κ2) is 9.23. The van der Waals surface area contributed by atoms with Crippen molar-refractivity contribution in [1.82, 2.24) is 20.2 Å². The molecule has 3 aliphatic heterocycles. The monoisotopic (exact) mass is 422 g/mol. The minimum atomic E-state index is 0.430. The zero-order valence-electron chi connectivity index (χ0n) is 18.8. The molecule has 6 nitrogen and oxygen atoms in total. The molecule has 2 N–H and O–H groups in total. The Morgan fingerprint density at radius 2 is 2.06 bits per heavy atom. The number of aryl methyl sites for hydroxylation is 1. The predicted molar refractivity (Wildman–Crippen MR) is 122 cm³/mol. The van der Waals surface area contributed by atoms with Crippen LogP contribution in [0, 0.1) is 5.41 Å². The van der Waals surface area contributed by atoms with E-state index in [0.29, 0.717) is 5.41 Å². The van der Waals surface area contributed by atoms with Crippen LogP contribution in [0.1, 0.15) is 50.2 Å². The van der Waals surface area contributed by atoms with Gasteiger partial charge in [0.15, 0.2) is 0 Å². The van der Waals surface area contributed by atoms with Gasteiger partial charge in [0.25, 0.3) is 5.82 Å². The molecule has 3 aliphatic rings. The minimum Gasteiger partial charge on any atom is -0.447 e. The highest BCUT2D eigenvalue weighted by Crippen LogP contribution is 2.34. The van der Waals surface area contributed by atoms with Crippen LogP contribution in [0.25, 0.3) is 0 Å². The van der Waals surface area contributed by atoms with Gasteiger partial charge in [-0.2, -0.15) is 4.98 Å². The van der Waals surface area contributed by atoms with E-state index in [-0.39, 0.29) is 0 Å². The van der Waals surface area contributed by atoms with Gasteiger partial charge in [0.2, 0.25) is 5.75 Å². The second-order valence-electron chi connectivity index (χ2n) is 9.68. The molecule has 0 aliphatic carbocycles. The van der Waals surface area contributed by atoms with Gasteiger partial charge < -0.3 is 10.1 Å². The Kier molecular flexibility index (Phi) is 6.21. The number of rotatable bonds is 6. The van der Waals surface area contributed by atoms with Crippen LogP contribution in [0.5, 0.6) is 11.5 Å². The Balaban J connectivity index is 1.38. The zero-order valence-corrected chi connectivity index (χ0v) is 18.8. The van der Waals surface area contributed by atoms with Crippen molar-refractivity contribution in [2.45, 2.75) is 52.0 Å². The Labute approximate surface area is 186 Å². The van der Waals surface area contributed by atoms with Crippen molar-refractivity contribution >= 4 is 5.82 Å². The third kappa shape index (κ3) is 4.61. The molecule has 0 bridgehead atoms. The van der Waals surface area contributed by atoms with Gasteiger partial charge in [-0.25, -0.2) is 4.98 Å². The van der Waals surface area contributed by atoms with Gasteiger partial charge in [-0.05, 0) is 56.9 Å². The number of nitrogens with zero attached hydrogens (tertiary/aromatic N) is 3. The molecular formula is C25H36N5O+. The first kappa shape index (κ1) is 20.9. The Morgan fingerprint density at radius 3 is 2.87 bits per heavy atom. The molecule has 0 radical (unpaired) electrons. The summed E-state index contributed by atoms with van der Waals surface area (Å²) in [6.07, 6.45) is 11.1. The van der Waals surface area contributed by atoms with Crippen LogP contribution in [0.3, 0.4) is 0 Å². The number of ether oxygens (including phenoxy) is 1. The van der Waals surface area contributed by atoms with Gasteiger partial charge >= 0.3 is 0 Å². The van der Waals surface area contributed by atoms with Crippen LogP contribution in [0.4, 0.5) is 5.82 Å². The molecule has 0 saturated carbocycles. The number of quaternary nitrogens is 1. The summed E-state index contributed by atoms with van der Waals surface area (Å²) < 4.78 is 6.56. The van der Waals surface area contributed by atoms with Crippen molar-refractivity contribution in [2.24, 2.45) is 5.41 Å². The molecule has 3 saturated heterocycles. The highest BCUT2D eigenvalue weighted by Gasteiger charge is 2.45. The lowest BCUT2D eigenvalue weighted by atomic mass is 9.87. The van der Waals surface area contributed by atoms with E-state index in [4.69, 9.17) is 4.74 Å². The predicted octanol–water partition coefficient (Wildman–Crippen LogP) is 2.72. The summed E-state index contributed by atoms with van der Waals surface area (Å²) >= 11 is 0. The van der Waals surface area contributed by atoms with E-state index in [1.165, 1.54) is 61.2 Å². The van der Waals surface area contributed by atoms with Gasteiger partial charge in [0, 0.05) is 30.5 Å². The number of hydrogen-bond acceptors (Lipinski definition) is 5. The summed E-state index contributed by atoms with van der Waals surface area (Å²) in [5.74, 6) is 2.78. The van der Waals surface area contributed by atoms with Crippen LogP contribution >= 0.6 is 0 Å². The number of benzene rings is 1. The van der Waals surface area contributed by atoms with Crippen LogP contribution in [0.2, 0.25) is 0 Å². The number of aromatic nitrogens is 2. The fourth-order valence-corrected chi connectivity index (χ4v) is 5.62. The molecule has 0 amide bonds. The first-order valence-electron chi connectivity index (χ1n) is 12.1. The quantitative estimate of drug-likeness (QED) is 0.750. The van der Waals surface area contributed by atoms with E-state index in [1.54, 1.807) is 6.33 Å². The maximum atomic E-state index is 6.56. The number of nitrogens with one attached hydrogen (secondary N) is 2. The van der Waals surface area contributed by atoms with Crippen molar-refractivity contribution in [3.63, 3.8) is 0 Å². The molecular weight excluding hydrogens is 386 g/mol. The zero-order chi connectivity index (χ0) is 21.1. The summed E-state index contributed by atoms with van der Waals surface area (Å²) in [7, 11) is 0. The SMILES string of the molecule is CCc1ccc(Oc2cncnc2[NH+]2CCC3(CCNC3)C2)c(CN2CCCCC2)c1.